The number of nitrogens with one attached hydrogen (secondary N) is 1. The smallest absolute Gasteiger partial charge is 0.106 e. The van der Waals surface area contributed by atoms with E-state index in [0.29, 0.717) is 6.04 Å². The molecular weight excluding hydrogens is 174 g/mol. The molecule has 0 aromatic carbocycles. The third-order valence-corrected chi connectivity index (χ3v) is 3.39. The van der Waals surface area contributed by atoms with Gasteiger partial charge in [0.1, 0.15) is 6.23 Å². The Kier molecular flexibility index (Phi) is 3.96. The predicted molar refractivity (Wildman–Crippen MR) is 60.2 cm³/mol. The lowest BCUT2D eigenvalue weighted by Gasteiger charge is -2.32. The highest BCUT2D eigenvalue weighted by Gasteiger charge is 2.44. The van der Waals surface area contributed by atoms with Gasteiger partial charge in [-0.15, -0.1) is 0 Å². The summed E-state index contributed by atoms with van der Waals surface area (Å²) >= 11 is 0. The number of hydrogen-bond acceptors (Lipinski definition) is 2. The Morgan fingerprint density at radius 3 is 2.29 bits per heavy atom. The molecule has 0 saturated carbocycles. The predicted octanol–water partition coefficient (Wildman–Crippen LogP) is 2.93. The molecule has 0 aromatic rings. The fourth-order valence-corrected chi connectivity index (χ4v) is 2.57. The molecule has 0 spiro atoms. The number of rotatable bonds is 4. The Hall–Kier alpha value is -0.0800. The zero-order chi connectivity index (χ0) is 10.8. The summed E-state index contributed by atoms with van der Waals surface area (Å²) in [4.78, 5) is 0. The van der Waals surface area contributed by atoms with Gasteiger partial charge in [0.15, 0.2) is 0 Å². The molecule has 2 atom stereocenters. The van der Waals surface area contributed by atoms with E-state index in [1.165, 1.54) is 6.42 Å². The van der Waals surface area contributed by atoms with Gasteiger partial charge in [-0.3, -0.25) is 5.32 Å². The van der Waals surface area contributed by atoms with Crippen molar-refractivity contribution in [2.24, 2.45) is 5.92 Å². The van der Waals surface area contributed by atoms with Crippen LogP contribution in [0.4, 0.5) is 0 Å². The maximum atomic E-state index is 6.05. The minimum absolute atomic E-state index is 0.0870. The molecule has 1 saturated heterocycles. The minimum atomic E-state index is 0.0870. The van der Waals surface area contributed by atoms with E-state index in [9.17, 15) is 0 Å². The van der Waals surface area contributed by atoms with Crippen molar-refractivity contribution in [3.05, 3.63) is 0 Å². The average Bonchev–Trinajstić information content (AvgIpc) is 2.42. The molecule has 1 N–H and O–H groups in total. The molecule has 0 radical (unpaired) electrons. The first-order valence-corrected chi connectivity index (χ1v) is 5.98. The Balaban J connectivity index is 2.70. The van der Waals surface area contributed by atoms with Crippen molar-refractivity contribution in [3.63, 3.8) is 0 Å². The van der Waals surface area contributed by atoms with Gasteiger partial charge in [0.25, 0.3) is 0 Å². The first kappa shape index (κ1) is 12.0. The van der Waals surface area contributed by atoms with Gasteiger partial charge in [0, 0.05) is 6.04 Å². The van der Waals surface area contributed by atoms with Crippen LogP contribution in [-0.4, -0.2) is 17.9 Å². The largest absolute Gasteiger partial charge is 0.356 e. The first-order valence-electron chi connectivity index (χ1n) is 5.98. The van der Waals surface area contributed by atoms with E-state index in [1.807, 2.05) is 0 Å². The van der Waals surface area contributed by atoms with Crippen molar-refractivity contribution in [3.8, 4) is 0 Å². The normalized spacial score (nSPS) is 31.3. The minimum Gasteiger partial charge on any atom is -0.356 e. The van der Waals surface area contributed by atoms with Crippen LogP contribution >= 0.6 is 0 Å². The van der Waals surface area contributed by atoms with Gasteiger partial charge < -0.3 is 4.74 Å². The van der Waals surface area contributed by atoms with Crippen molar-refractivity contribution >= 4 is 0 Å². The van der Waals surface area contributed by atoms with Crippen LogP contribution in [0.2, 0.25) is 0 Å². The fraction of sp³-hybridized carbons (Fsp3) is 1.00. The highest BCUT2D eigenvalue weighted by atomic mass is 16.5. The average molecular weight is 199 g/mol. The maximum Gasteiger partial charge on any atom is 0.106 e. The maximum absolute atomic E-state index is 6.05. The van der Waals surface area contributed by atoms with Crippen molar-refractivity contribution < 1.29 is 4.74 Å². The summed E-state index contributed by atoms with van der Waals surface area (Å²) in [6, 6.07) is 0.535. The first-order chi connectivity index (χ1) is 6.54. The topological polar surface area (TPSA) is 21.3 Å². The zero-order valence-corrected chi connectivity index (χ0v) is 10.3. The Bertz CT molecular complexity index is 175. The van der Waals surface area contributed by atoms with Gasteiger partial charge in [-0.25, -0.2) is 0 Å². The SMILES string of the molecule is CCC1(CC)O[C@@H](C)N[C@H]1CC(C)C. The third-order valence-electron chi connectivity index (χ3n) is 3.39. The van der Waals surface area contributed by atoms with Gasteiger partial charge >= 0.3 is 0 Å². The van der Waals surface area contributed by atoms with Crippen LogP contribution in [0.5, 0.6) is 0 Å². The standard InChI is InChI=1S/C12H25NO/c1-6-12(7-2)11(8-9(3)4)13-10(5)14-12/h9-11,13H,6-8H2,1-5H3/t10-,11-/m0/s1. The van der Waals surface area contributed by atoms with E-state index in [-0.39, 0.29) is 11.8 Å². The van der Waals surface area contributed by atoms with Crippen LogP contribution in [-0.2, 0) is 4.74 Å². The highest BCUT2D eigenvalue weighted by Crippen LogP contribution is 2.34. The molecular formula is C12H25NO. The molecule has 0 unspecified atom stereocenters. The molecule has 0 bridgehead atoms. The molecule has 1 aliphatic rings. The van der Waals surface area contributed by atoms with E-state index < -0.39 is 0 Å². The molecule has 1 rings (SSSR count). The molecule has 1 aliphatic heterocycles. The summed E-state index contributed by atoms with van der Waals surface area (Å²) < 4.78 is 6.05. The zero-order valence-electron chi connectivity index (χ0n) is 10.3. The molecule has 2 nitrogen and oxygen atoms in total. The summed E-state index contributed by atoms with van der Waals surface area (Å²) in [5, 5.41) is 3.56. The number of ether oxygens (including phenoxy) is 1. The van der Waals surface area contributed by atoms with Crippen molar-refractivity contribution in [2.75, 3.05) is 0 Å². The van der Waals surface area contributed by atoms with Crippen LogP contribution in [0.1, 0.15) is 53.9 Å². The van der Waals surface area contributed by atoms with Gasteiger partial charge in [0.2, 0.25) is 0 Å². The molecule has 2 heteroatoms. The lowest BCUT2D eigenvalue weighted by molar-refractivity contribution is -0.0486. The molecule has 14 heavy (non-hydrogen) atoms. The molecule has 1 fully saturated rings. The van der Waals surface area contributed by atoms with Crippen LogP contribution in [0.25, 0.3) is 0 Å². The van der Waals surface area contributed by atoms with Gasteiger partial charge in [-0.05, 0) is 32.1 Å². The summed E-state index contributed by atoms with van der Waals surface area (Å²) in [5.74, 6) is 0.735. The second-order valence-corrected chi connectivity index (χ2v) is 4.88. The van der Waals surface area contributed by atoms with E-state index in [0.717, 1.165) is 18.8 Å². The summed E-state index contributed by atoms with van der Waals surface area (Å²) in [6.45, 7) is 11.1. The van der Waals surface area contributed by atoms with Crippen LogP contribution in [0, 0.1) is 5.92 Å². The Morgan fingerprint density at radius 2 is 1.86 bits per heavy atom. The summed E-state index contributed by atoms with van der Waals surface area (Å²) in [6.07, 6.45) is 3.65. The second kappa shape index (κ2) is 4.63. The van der Waals surface area contributed by atoms with Crippen LogP contribution < -0.4 is 5.32 Å². The van der Waals surface area contributed by atoms with Crippen molar-refractivity contribution in [1.82, 2.24) is 5.32 Å². The quantitative estimate of drug-likeness (QED) is 0.751. The molecule has 0 aliphatic carbocycles. The van der Waals surface area contributed by atoms with Crippen LogP contribution in [0.15, 0.2) is 0 Å². The van der Waals surface area contributed by atoms with E-state index in [2.05, 4.69) is 39.9 Å². The van der Waals surface area contributed by atoms with E-state index in [4.69, 9.17) is 4.74 Å². The monoisotopic (exact) mass is 199 g/mol. The van der Waals surface area contributed by atoms with Crippen LogP contribution in [0.3, 0.4) is 0 Å². The van der Waals surface area contributed by atoms with Gasteiger partial charge in [-0.1, -0.05) is 27.7 Å². The summed E-state index contributed by atoms with van der Waals surface area (Å²) in [7, 11) is 0. The molecule has 0 amide bonds. The fourth-order valence-electron chi connectivity index (χ4n) is 2.57. The Labute approximate surface area is 88.4 Å². The molecule has 84 valence electrons. The number of hydrogen-bond donors (Lipinski definition) is 1. The molecule has 1 heterocycles. The van der Waals surface area contributed by atoms with Crippen molar-refractivity contribution in [2.45, 2.75) is 71.8 Å². The highest BCUT2D eigenvalue weighted by molar-refractivity contribution is 4.97. The van der Waals surface area contributed by atoms with Gasteiger partial charge in [0.05, 0.1) is 5.60 Å². The Morgan fingerprint density at radius 1 is 1.29 bits per heavy atom. The lowest BCUT2D eigenvalue weighted by atomic mass is 9.84. The third kappa shape index (κ3) is 2.29. The lowest BCUT2D eigenvalue weighted by Crippen LogP contribution is -2.43. The van der Waals surface area contributed by atoms with E-state index in [1.54, 1.807) is 0 Å². The van der Waals surface area contributed by atoms with Crippen molar-refractivity contribution in [1.29, 1.82) is 0 Å². The summed E-state index contributed by atoms with van der Waals surface area (Å²) in [5.41, 5.74) is 0.0870. The second-order valence-electron chi connectivity index (χ2n) is 4.88. The molecule has 0 aromatic heterocycles. The van der Waals surface area contributed by atoms with E-state index >= 15 is 0 Å². The van der Waals surface area contributed by atoms with Gasteiger partial charge in [-0.2, -0.15) is 0 Å².